The molecular weight excluding hydrogens is 326 g/mol. The molecule has 1 saturated heterocycles. The Bertz CT molecular complexity index is 693. The number of nitrogens with one attached hydrogen (secondary N) is 1. The number of amides is 1. The molecule has 5 nitrogen and oxygen atoms in total. The van der Waals surface area contributed by atoms with E-state index in [4.69, 9.17) is 4.42 Å². The van der Waals surface area contributed by atoms with Gasteiger partial charge in [-0.1, -0.05) is 18.2 Å². The van der Waals surface area contributed by atoms with E-state index < -0.39 is 0 Å². The summed E-state index contributed by atoms with van der Waals surface area (Å²) < 4.78 is 5.35. The van der Waals surface area contributed by atoms with Crippen LogP contribution in [0.3, 0.4) is 0 Å². The zero-order valence-electron chi connectivity index (χ0n) is 15.8. The maximum atomic E-state index is 12.3. The van der Waals surface area contributed by atoms with E-state index in [1.54, 1.807) is 6.26 Å². The van der Waals surface area contributed by atoms with Crippen molar-refractivity contribution >= 4 is 11.6 Å². The number of hydrogen-bond donors (Lipinski definition) is 1. The van der Waals surface area contributed by atoms with Crippen molar-refractivity contribution in [3.63, 3.8) is 0 Å². The third-order valence-electron chi connectivity index (χ3n) is 4.89. The van der Waals surface area contributed by atoms with Crippen LogP contribution in [0.2, 0.25) is 0 Å². The number of carbonyl (C=O) groups excluding carboxylic acids is 1. The van der Waals surface area contributed by atoms with E-state index in [9.17, 15) is 4.79 Å². The standard InChI is InChI=1S/C21H29N3O2/c1-17(20-11-8-14-26-20)22-21(25)16-23(2)15-18-9-4-5-10-19(18)24-12-6-3-7-13-24/h4-5,8-11,14,17H,3,6-7,12-13,15-16H2,1-2H3,(H,22,25). The lowest BCUT2D eigenvalue weighted by atomic mass is 10.1. The molecule has 0 spiro atoms. The first kappa shape index (κ1) is 18.5. The third kappa shape index (κ3) is 4.88. The first-order chi connectivity index (χ1) is 12.6. The number of likely N-dealkylation sites (N-methyl/N-ethyl adjacent to an activating group) is 1. The largest absolute Gasteiger partial charge is 0.467 e. The smallest absolute Gasteiger partial charge is 0.234 e. The maximum Gasteiger partial charge on any atom is 0.234 e. The zero-order chi connectivity index (χ0) is 18.4. The van der Waals surface area contributed by atoms with Crippen LogP contribution in [0, 0.1) is 0 Å². The Morgan fingerprint density at radius 3 is 2.69 bits per heavy atom. The summed E-state index contributed by atoms with van der Waals surface area (Å²) in [5.41, 5.74) is 2.59. The second-order valence-corrected chi connectivity index (χ2v) is 7.15. The molecule has 2 aromatic rings. The van der Waals surface area contributed by atoms with Gasteiger partial charge in [-0.05, 0) is 57.0 Å². The molecule has 1 aromatic heterocycles. The summed E-state index contributed by atoms with van der Waals surface area (Å²) in [5.74, 6) is 0.781. The first-order valence-electron chi connectivity index (χ1n) is 9.47. The van der Waals surface area contributed by atoms with E-state index in [0.29, 0.717) is 6.54 Å². The lowest BCUT2D eigenvalue weighted by Crippen LogP contribution is -2.36. The Kier molecular flexibility index (Phi) is 6.34. The fourth-order valence-corrected chi connectivity index (χ4v) is 3.58. The molecule has 0 aliphatic carbocycles. The molecule has 26 heavy (non-hydrogen) atoms. The molecule has 0 saturated carbocycles. The van der Waals surface area contributed by atoms with Gasteiger partial charge in [-0.25, -0.2) is 0 Å². The zero-order valence-corrected chi connectivity index (χ0v) is 15.8. The average Bonchev–Trinajstić information content (AvgIpc) is 3.17. The molecule has 1 atom stereocenters. The van der Waals surface area contributed by atoms with E-state index >= 15 is 0 Å². The molecule has 0 bridgehead atoms. The fraction of sp³-hybridized carbons (Fsp3) is 0.476. The van der Waals surface area contributed by atoms with Gasteiger partial charge in [0.05, 0.1) is 18.8 Å². The molecule has 5 heteroatoms. The number of para-hydroxylation sites is 1. The highest BCUT2D eigenvalue weighted by Crippen LogP contribution is 2.25. The summed E-state index contributed by atoms with van der Waals surface area (Å²) in [6, 6.07) is 12.1. The molecule has 1 aromatic carbocycles. The molecule has 1 N–H and O–H groups in total. The van der Waals surface area contributed by atoms with Gasteiger partial charge in [0.2, 0.25) is 5.91 Å². The lowest BCUT2D eigenvalue weighted by molar-refractivity contribution is -0.122. The summed E-state index contributed by atoms with van der Waals surface area (Å²) in [6.45, 7) is 5.31. The van der Waals surface area contributed by atoms with Crippen LogP contribution in [0.15, 0.2) is 47.1 Å². The molecule has 1 aliphatic rings. The third-order valence-corrected chi connectivity index (χ3v) is 4.89. The van der Waals surface area contributed by atoms with E-state index in [1.165, 1.54) is 30.5 Å². The van der Waals surface area contributed by atoms with E-state index in [1.807, 2.05) is 26.1 Å². The van der Waals surface area contributed by atoms with Gasteiger partial charge in [0, 0.05) is 25.3 Å². The predicted molar refractivity (Wildman–Crippen MR) is 104 cm³/mol. The first-order valence-corrected chi connectivity index (χ1v) is 9.47. The van der Waals surface area contributed by atoms with Crippen LogP contribution in [0.5, 0.6) is 0 Å². The Hall–Kier alpha value is -2.27. The summed E-state index contributed by atoms with van der Waals surface area (Å²) in [4.78, 5) is 16.9. The highest BCUT2D eigenvalue weighted by molar-refractivity contribution is 5.78. The molecule has 1 unspecified atom stereocenters. The summed E-state index contributed by atoms with van der Waals surface area (Å²) >= 11 is 0. The van der Waals surface area contributed by atoms with Gasteiger partial charge in [-0.2, -0.15) is 0 Å². The van der Waals surface area contributed by atoms with Gasteiger partial charge >= 0.3 is 0 Å². The van der Waals surface area contributed by atoms with Gasteiger partial charge in [-0.3, -0.25) is 9.69 Å². The van der Waals surface area contributed by atoms with Crippen molar-refractivity contribution in [1.29, 1.82) is 0 Å². The maximum absolute atomic E-state index is 12.3. The quantitative estimate of drug-likeness (QED) is 0.825. The predicted octanol–water partition coefficient (Wildman–Crippen LogP) is 3.58. The number of furan rings is 1. The highest BCUT2D eigenvalue weighted by atomic mass is 16.3. The van der Waals surface area contributed by atoms with Crippen molar-refractivity contribution in [2.24, 2.45) is 0 Å². The minimum Gasteiger partial charge on any atom is -0.467 e. The molecule has 1 aliphatic heterocycles. The van der Waals surface area contributed by atoms with Gasteiger partial charge in [0.1, 0.15) is 5.76 Å². The second-order valence-electron chi connectivity index (χ2n) is 7.15. The fourth-order valence-electron chi connectivity index (χ4n) is 3.58. The minimum atomic E-state index is -0.119. The Morgan fingerprint density at radius 2 is 1.96 bits per heavy atom. The van der Waals surface area contributed by atoms with Crippen molar-refractivity contribution in [2.75, 3.05) is 31.6 Å². The van der Waals surface area contributed by atoms with Crippen molar-refractivity contribution in [2.45, 2.75) is 38.8 Å². The van der Waals surface area contributed by atoms with Gasteiger partial charge in [0.15, 0.2) is 0 Å². The molecule has 1 amide bonds. The van der Waals surface area contributed by atoms with Crippen LogP contribution in [-0.4, -0.2) is 37.5 Å². The van der Waals surface area contributed by atoms with Crippen molar-refractivity contribution in [1.82, 2.24) is 10.2 Å². The SMILES string of the molecule is CC(NC(=O)CN(C)Cc1ccccc1N1CCCCC1)c1ccco1. The Morgan fingerprint density at radius 1 is 1.19 bits per heavy atom. The number of rotatable bonds is 7. The van der Waals surface area contributed by atoms with Crippen LogP contribution >= 0.6 is 0 Å². The summed E-state index contributed by atoms with van der Waals surface area (Å²) in [6.07, 6.45) is 5.47. The molecule has 3 rings (SSSR count). The van der Waals surface area contributed by atoms with Crippen LogP contribution in [-0.2, 0) is 11.3 Å². The van der Waals surface area contributed by atoms with Crippen molar-refractivity contribution in [3.05, 3.63) is 54.0 Å². The van der Waals surface area contributed by atoms with Crippen molar-refractivity contribution in [3.8, 4) is 0 Å². The van der Waals surface area contributed by atoms with Crippen LogP contribution in [0.4, 0.5) is 5.69 Å². The second kappa shape index (κ2) is 8.90. The summed E-state index contributed by atoms with van der Waals surface area (Å²) in [5, 5.41) is 2.99. The topological polar surface area (TPSA) is 48.7 Å². The number of nitrogens with zero attached hydrogens (tertiary/aromatic N) is 2. The van der Waals surface area contributed by atoms with Crippen molar-refractivity contribution < 1.29 is 9.21 Å². The lowest BCUT2D eigenvalue weighted by Gasteiger charge is -2.31. The van der Waals surface area contributed by atoms with E-state index in [-0.39, 0.29) is 11.9 Å². The van der Waals surface area contributed by atoms with Gasteiger partial charge in [-0.15, -0.1) is 0 Å². The summed E-state index contributed by atoms with van der Waals surface area (Å²) in [7, 11) is 1.99. The number of benzene rings is 1. The Balaban J connectivity index is 1.56. The molecule has 140 valence electrons. The number of piperidine rings is 1. The van der Waals surface area contributed by atoms with Crippen LogP contribution < -0.4 is 10.2 Å². The van der Waals surface area contributed by atoms with Gasteiger partial charge < -0.3 is 14.6 Å². The van der Waals surface area contributed by atoms with E-state index in [2.05, 4.69) is 39.4 Å². The number of carbonyl (C=O) groups is 1. The normalized spacial score (nSPS) is 15.9. The molecule has 1 fully saturated rings. The highest BCUT2D eigenvalue weighted by Gasteiger charge is 2.17. The molecular formula is C21H29N3O2. The molecule has 2 heterocycles. The number of hydrogen-bond acceptors (Lipinski definition) is 4. The minimum absolute atomic E-state index is 0.00635. The van der Waals surface area contributed by atoms with E-state index in [0.717, 1.165) is 25.4 Å². The average molecular weight is 355 g/mol. The Labute approximate surface area is 156 Å². The monoisotopic (exact) mass is 355 g/mol. The van der Waals surface area contributed by atoms with Crippen LogP contribution in [0.25, 0.3) is 0 Å². The molecule has 0 radical (unpaired) electrons. The van der Waals surface area contributed by atoms with Gasteiger partial charge in [0.25, 0.3) is 0 Å². The van der Waals surface area contributed by atoms with Crippen LogP contribution in [0.1, 0.15) is 43.6 Å². The number of anilines is 1.